The lowest BCUT2D eigenvalue weighted by molar-refractivity contribution is -0.121. The van der Waals surface area contributed by atoms with Gasteiger partial charge in [-0.3, -0.25) is 4.79 Å². The molecule has 0 bridgehead atoms. The van der Waals surface area contributed by atoms with E-state index in [1.165, 1.54) is 40.5 Å². The first-order chi connectivity index (χ1) is 10.7. The van der Waals surface area contributed by atoms with Crippen LogP contribution in [0.3, 0.4) is 0 Å². The van der Waals surface area contributed by atoms with E-state index in [1.807, 2.05) is 30.6 Å². The third kappa shape index (κ3) is 3.77. The van der Waals surface area contributed by atoms with Crippen LogP contribution >= 0.6 is 11.3 Å². The zero-order chi connectivity index (χ0) is 15.4. The van der Waals surface area contributed by atoms with E-state index in [2.05, 4.69) is 16.0 Å². The second kappa shape index (κ2) is 7.09. The van der Waals surface area contributed by atoms with E-state index < -0.39 is 0 Å². The number of aromatic nitrogens is 2. The zero-order valence-electron chi connectivity index (χ0n) is 13.1. The maximum absolute atomic E-state index is 11.9. The predicted octanol–water partition coefficient (Wildman–Crippen LogP) is 2.65. The lowest BCUT2D eigenvalue weighted by atomic mass is 10.0. The molecule has 0 aromatic carbocycles. The fourth-order valence-electron chi connectivity index (χ4n) is 2.91. The number of carbonyl (C=O) groups is 1. The molecule has 1 N–H and O–H groups in total. The van der Waals surface area contributed by atoms with Crippen molar-refractivity contribution in [2.75, 3.05) is 6.54 Å². The summed E-state index contributed by atoms with van der Waals surface area (Å²) in [5, 5.41) is 4.19. The van der Waals surface area contributed by atoms with Crippen LogP contribution in [0.2, 0.25) is 0 Å². The zero-order valence-corrected chi connectivity index (χ0v) is 13.9. The van der Waals surface area contributed by atoms with Crippen molar-refractivity contribution in [3.8, 4) is 0 Å². The molecule has 2 aromatic rings. The van der Waals surface area contributed by atoms with Gasteiger partial charge in [-0.1, -0.05) is 0 Å². The fourth-order valence-corrected chi connectivity index (χ4v) is 4.06. The molecule has 2 aromatic heterocycles. The van der Waals surface area contributed by atoms with Crippen molar-refractivity contribution < 1.29 is 4.79 Å². The number of nitrogens with one attached hydrogen (secondary N) is 1. The van der Waals surface area contributed by atoms with E-state index in [9.17, 15) is 4.79 Å². The Labute approximate surface area is 135 Å². The molecule has 0 aliphatic heterocycles. The number of hydrogen-bond donors (Lipinski definition) is 1. The Hall–Kier alpha value is -1.62. The van der Waals surface area contributed by atoms with Crippen LogP contribution < -0.4 is 5.32 Å². The van der Waals surface area contributed by atoms with Gasteiger partial charge in [0.2, 0.25) is 5.91 Å². The summed E-state index contributed by atoms with van der Waals surface area (Å²) in [5.74, 6) is 0.127. The van der Waals surface area contributed by atoms with Gasteiger partial charge in [0.15, 0.2) is 0 Å². The van der Waals surface area contributed by atoms with Crippen LogP contribution in [0, 0.1) is 0 Å². The number of nitrogens with zero attached hydrogens (tertiary/aromatic N) is 2. The van der Waals surface area contributed by atoms with Gasteiger partial charge in [-0.05, 0) is 44.2 Å². The van der Waals surface area contributed by atoms with Crippen molar-refractivity contribution in [1.82, 2.24) is 14.9 Å². The number of thiazole rings is 1. The van der Waals surface area contributed by atoms with Crippen molar-refractivity contribution in [3.63, 3.8) is 0 Å². The maximum atomic E-state index is 11.9. The van der Waals surface area contributed by atoms with E-state index in [1.54, 1.807) is 0 Å². The molecule has 0 saturated heterocycles. The van der Waals surface area contributed by atoms with Gasteiger partial charge in [0.25, 0.3) is 0 Å². The highest BCUT2D eigenvalue weighted by atomic mass is 32.1. The SMILES string of the molecule is Cn1cccc1CCC(=O)NCCc1nc2c(s1)CCCC2. The van der Waals surface area contributed by atoms with Crippen LogP contribution in [-0.4, -0.2) is 22.0 Å². The Morgan fingerprint density at radius 2 is 2.23 bits per heavy atom. The second-order valence-corrected chi connectivity index (χ2v) is 7.06. The minimum absolute atomic E-state index is 0.127. The normalized spacial score (nSPS) is 13.9. The summed E-state index contributed by atoms with van der Waals surface area (Å²) < 4.78 is 2.06. The third-order valence-corrected chi connectivity index (χ3v) is 5.43. The highest BCUT2D eigenvalue weighted by molar-refractivity contribution is 7.11. The highest BCUT2D eigenvalue weighted by Gasteiger charge is 2.14. The molecule has 0 radical (unpaired) electrons. The van der Waals surface area contributed by atoms with Gasteiger partial charge >= 0.3 is 0 Å². The first-order valence-electron chi connectivity index (χ1n) is 8.07. The van der Waals surface area contributed by atoms with Crippen molar-refractivity contribution >= 4 is 17.2 Å². The van der Waals surface area contributed by atoms with E-state index in [0.29, 0.717) is 13.0 Å². The summed E-state index contributed by atoms with van der Waals surface area (Å²) in [5.41, 5.74) is 2.50. The Morgan fingerprint density at radius 3 is 3.00 bits per heavy atom. The molecule has 0 spiro atoms. The molecule has 1 aliphatic rings. The van der Waals surface area contributed by atoms with E-state index in [4.69, 9.17) is 4.98 Å². The van der Waals surface area contributed by atoms with Crippen molar-refractivity contribution in [2.45, 2.75) is 44.9 Å². The molecule has 0 saturated carbocycles. The van der Waals surface area contributed by atoms with Gasteiger partial charge < -0.3 is 9.88 Å². The minimum Gasteiger partial charge on any atom is -0.356 e. The predicted molar refractivity (Wildman–Crippen MR) is 89.2 cm³/mol. The van der Waals surface area contributed by atoms with Gasteiger partial charge in [-0.2, -0.15) is 0 Å². The fraction of sp³-hybridized carbons (Fsp3) is 0.529. The summed E-state index contributed by atoms with van der Waals surface area (Å²) in [6.45, 7) is 0.693. The number of rotatable bonds is 6. The average molecular weight is 317 g/mol. The van der Waals surface area contributed by atoms with Crippen molar-refractivity contribution in [2.24, 2.45) is 7.05 Å². The lowest BCUT2D eigenvalue weighted by Gasteiger charge is -2.06. The number of hydrogen-bond acceptors (Lipinski definition) is 3. The van der Waals surface area contributed by atoms with Crippen LogP contribution in [0.5, 0.6) is 0 Å². The summed E-state index contributed by atoms with van der Waals surface area (Å²) >= 11 is 1.83. The summed E-state index contributed by atoms with van der Waals surface area (Å²) in [7, 11) is 2.01. The van der Waals surface area contributed by atoms with Crippen molar-refractivity contribution in [1.29, 1.82) is 0 Å². The molecule has 5 heteroatoms. The van der Waals surface area contributed by atoms with Gasteiger partial charge in [0.1, 0.15) is 0 Å². The van der Waals surface area contributed by atoms with Crippen LogP contribution in [0.1, 0.15) is 40.5 Å². The monoisotopic (exact) mass is 317 g/mol. The third-order valence-electron chi connectivity index (χ3n) is 4.21. The second-order valence-electron chi connectivity index (χ2n) is 5.89. The maximum Gasteiger partial charge on any atom is 0.220 e. The van der Waals surface area contributed by atoms with E-state index >= 15 is 0 Å². The Bertz CT molecular complexity index is 621. The Morgan fingerprint density at radius 1 is 1.36 bits per heavy atom. The van der Waals surface area contributed by atoms with Gasteiger partial charge in [-0.15, -0.1) is 11.3 Å². The summed E-state index contributed by atoms with van der Waals surface area (Å²) in [6, 6.07) is 4.07. The van der Waals surface area contributed by atoms with E-state index in [0.717, 1.165) is 19.3 Å². The number of aryl methyl sites for hydroxylation is 4. The standard InChI is InChI=1S/C17H23N3OS/c1-20-12-4-5-13(20)8-9-16(21)18-11-10-17-19-14-6-2-3-7-15(14)22-17/h4-5,12H,2-3,6-11H2,1H3,(H,18,21). The molecule has 0 fully saturated rings. The molecule has 0 atom stereocenters. The Kier molecular flexibility index (Phi) is 4.93. The molecule has 0 unspecified atom stereocenters. The molecule has 4 nitrogen and oxygen atoms in total. The Balaban J connectivity index is 1.40. The van der Waals surface area contributed by atoms with Crippen LogP contribution in [-0.2, 0) is 37.5 Å². The van der Waals surface area contributed by atoms with Crippen molar-refractivity contribution in [3.05, 3.63) is 39.6 Å². The smallest absolute Gasteiger partial charge is 0.220 e. The molecular formula is C17H23N3OS. The van der Waals surface area contributed by atoms with E-state index in [-0.39, 0.29) is 5.91 Å². The summed E-state index contributed by atoms with van der Waals surface area (Å²) in [6.07, 6.45) is 9.10. The van der Waals surface area contributed by atoms with Crippen LogP contribution in [0.15, 0.2) is 18.3 Å². The molecule has 22 heavy (non-hydrogen) atoms. The van der Waals surface area contributed by atoms with Crippen LogP contribution in [0.4, 0.5) is 0 Å². The first-order valence-corrected chi connectivity index (χ1v) is 8.88. The largest absolute Gasteiger partial charge is 0.356 e. The number of carbonyl (C=O) groups excluding carboxylic acids is 1. The number of fused-ring (bicyclic) bond motifs is 1. The van der Waals surface area contributed by atoms with Gasteiger partial charge in [0, 0.05) is 43.2 Å². The first kappa shape index (κ1) is 15.3. The molecular weight excluding hydrogens is 294 g/mol. The van der Waals surface area contributed by atoms with Gasteiger partial charge in [0.05, 0.1) is 10.7 Å². The molecule has 1 amide bonds. The average Bonchev–Trinajstić information content (AvgIpc) is 3.10. The summed E-state index contributed by atoms with van der Waals surface area (Å²) in [4.78, 5) is 18.1. The molecule has 1 aliphatic carbocycles. The van der Waals surface area contributed by atoms with Crippen LogP contribution in [0.25, 0.3) is 0 Å². The molecule has 2 heterocycles. The lowest BCUT2D eigenvalue weighted by Crippen LogP contribution is -2.26. The quantitative estimate of drug-likeness (QED) is 0.890. The number of amides is 1. The minimum atomic E-state index is 0.127. The van der Waals surface area contributed by atoms with Gasteiger partial charge in [-0.25, -0.2) is 4.98 Å². The highest BCUT2D eigenvalue weighted by Crippen LogP contribution is 2.26. The molecule has 118 valence electrons. The molecule has 3 rings (SSSR count). The topological polar surface area (TPSA) is 46.9 Å².